The van der Waals surface area contributed by atoms with Gasteiger partial charge in [-0.15, -0.1) is 0 Å². The molecule has 4 bridgehead atoms. The van der Waals surface area contributed by atoms with E-state index in [2.05, 4.69) is 209 Å². The number of anilines is 3. The summed E-state index contributed by atoms with van der Waals surface area (Å²) in [5, 5.41) is 2.56. The molecule has 342 valence electrons. The summed E-state index contributed by atoms with van der Waals surface area (Å²) < 4.78 is 0. The minimum Gasteiger partial charge on any atom is -0.310 e. The third-order valence-electron chi connectivity index (χ3n) is 19.4. The summed E-state index contributed by atoms with van der Waals surface area (Å²) in [6, 6.07) is 68.4. The van der Waals surface area contributed by atoms with Gasteiger partial charge in [0.15, 0.2) is 0 Å². The fraction of sp³-hybridized carbons (Fsp3) is 0.324. The van der Waals surface area contributed by atoms with Crippen LogP contribution in [-0.4, -0.2) is 0 Å². The van der Waals surface area contributed by atoms with Crippen LogP contribution in [0.1, 0.15) is 101 Å². The first-order valence-electron chi connectivity index (χ1n) is 26.8. The lowest BCUT2D eigenvalue weighted by atomic mass is 9.49. The van der Waals surface area contributed by atoms with Gasteiger partial charge in [0.05, 0.1) is 0 Å². The molecule has 0 heterocycles. The summed E-state index contributed by atoms with van der Waals surface area (Å²) in [4.78, 5) is 2.53. The summed E-state index contributed by atoms with van der Waals surface area (Å²) in [5.74, 6) is 5.95. The number of hydrogen-bond acceptors (Lipinski definition) is 1. The van der Waals surface area contributed by atoms with Crippen LogP contribution in [0.5, 0.6) is 0 Å². The Morgan fingerprint density at radius 3 is 1.55 bits per heavy atom. The second-order valence-corrected chi connectivity index (χ2v) is 23.3. The average Bonchev–Trinajstić information content (AvgIpc) is 3.83. The Labute approximate surface area is 410 Å². The van der Waals surface area contributed by atoms with E-state index in [0.29, 0.717) is 23.7 Å². The van der Waals surface area contributed by atoms with Crippen LogP contribution in [0.3, 0.4) is 0 Å². The van der Waals surface area contributed by atoms with Crippen molar-refractivity contribution in [3.8, 4) is 44.5 Å². The van der Waals surface area contributed by atoms with Crippen molar-refractivity contribution in [1.82, 2.24) is 0 Å². The maximum Gasteiger partial charge on any atom is 0.0468 e. The van der Waals surface area contributed by atoms with Crippen LogP contribution >= 0.6 is 0 Å². The van der Waals surface area contributed by atoms with Crippen molar-refractivity contribution in [2.75, 3.05) is 4.90 Å². The van der Waals surface area contributed by atoms with E-state index < -0.39 is 0 Å². The molecular weight excluding hydrogens is 831 g/mol. The van der Waals surface area contributed by atoms with Gasteiger partial charge in [-0.3, -0.25) is 0 Å². The first kappa shape index (κ1) is 41.8. The molecule has 14 rings (SSSR count). The molecule has 8 aromatic carbocycles. The van der Waals surface area contributed by atoms with Gasteiger partial charge in [-0.2, -0.15) is 0 Å². The Morgan fingerprint density at radius 1 is 0.348 bits per heavy atom. The van der Waals surface area contributed by atoms with Gasteiger partial charge in [-0.1, -0.05) is 161 Å². The zero-order valence-corrected chi connectivity index (χ0v) is 41.0. The molecule has 4 saturated carbocycles. The molecule has 1 nitrogen and oxygen atoms in total. The summed E-state index contributed by atoms with van der Waals surface area (Å²) in [6.07, 6.45) is 10.9. The van der Waals surface area contributed by atoms with Crippen LogP contribution in [0.15, 0.2) is 176 Å². The summed E-state index contributed by atoms with van der Waals surface area (Å²) >= 11 is 0. The van der Waals surface area contributed by atoms with Crippen LogP contribution in [0.4, 0.5) is 17.1 Å². The monoisotopic (exact) mass is 896 g/mol. The van der Waals surface area contributed by atoms with Gasteiger partial charge in [-0.25, -0.2) is 0 Å². The molecule has 2 spiro atoms. The molecule has 4 fully saturated rings. The second-order valence-electron chi connectivity index (χ2n) is 23.3. The van der Waals surface area contributed by atoms with Crippen molar-refractivity contribution in [2.45, 2.75) is 89.9 Å². The zero-order valence-electron chi connectivity index (χ0n) is 41.0. The Balaban J connectivity index is 0.903. The van der Waals surface area contributed by atoms with Crippen molar-refractivity contribution in [2.24, 2.45) is 47.3 Å². The lowest BCUT2D eigenvalue weighted by Gasteiger charge is -2.54. The van der Waals surface area contributed by atoms with Gasteiger partial charge in [0.1, 0.15) is 0 Å². The summed E-state index contributed by atoms with van der Waals surface area (Å²) in [5.41, 5.74) is 20.9. The third-order valence-corrected chi connectivity index (χ3v) is 19.4. The Hall–Kier alpha value is -6.18. The van der Waals surface area contributed by atoms with E-state index in [-0.39, 0.29) is 10.8 Å². The Bertz CT molecular complexity index is 3320. The number of rotatable bonds is 5. The maximum absolute atomic E-state index is 2.58. The predicted octanol–water partition coefficient (Wildman–Crippen LogP) is 18.4. The lowest BCUT2D eigenvalue weighted by Crippen LogP contribution is -2.49. The first-order chi connectivity index (χ1) is 33.8. The molecule has 10 atom stereocenters. The Morgan fingerprint density at radius 2 is 0.870 bits per heavy atom. The summed E-state index contributed by atoms with van der Waals surface area (Å²) in [7, 11) is 0. The minimum atomic E-state index is 0.0689. The van der Waals surface area contributed by atoms with Crippen molar-refractivity contribution < 1.29 is 0 Å². The van der Waals surface area contributed by atoms with Gasteiger partial charge in [0.2, 0.25) is 0 Å². The van der Waals surface area contributed by atoms with Crippen molar-refractivity contribution in [3.05, 3.63) is 198 Å². The quantitative estimate of drug-likeness (QED) is 0.166. The number of fused-ring (bicyclic) bond motifs is 17. The normalized spacial score (nSPS) is 29.1. The molecule has 8 aromatic rings. The average molecular weight is 896 g/mol. The molecule has 6 aliphatic rings. The molecule has 0 amide bonds. The molecule has 6 aliphatic carbocycles. The molecule has 0 aliphatic heterocycles. The molecule has 0 aromatic heterocycles. The number of benzene rings is 8. The van der Waals surface area contributed by atoms with Crippen molar-refractivity contribution in [3.63, 3.8) is 0 Å². The van der Waals surface area contributed by atoms with E-state index in [0.717, 1.165) is 23.7 Å². The smallest absolute Gasteiger partial charge is 0.0468 e. The molecule has 0 N–H and O–H groups in total. The van der Waals surface area contributed by atoms with Crippen LogP contribution < -0.4 is 4.90 Å². The van der Waals surface area contributed by atoms with Crippen LogP contribution in [0, 0.1) is 47.3 Å². The van der Waals surface area contributed by atoms with E-state index in [1.807, 2.05) is 0 Å². The van der Waals surface area contributed by atoms with E-state index in [1.165, 1.54) is 124 Å². The van der Waals surface area contributed by atoms with Gasteiger partial charge >= 0.3 is 0 Å². The van der Waals surface area contributed by atoms with Gasteiger partial charge in [-0.05, 0) is 219 Å². The number of nitrogens with zero attached hydrogens (tertiary/aromatic N) is 1. The molecule has 2 unspecified atom stereocenters. The topological polar surface area (TPSA) is 3.24 Å². The standard InChI is InChI=1S/C68H65N/c1-42-30-46-34-44(3)67(52(32-42)36-46)63-22-10-8-19-59(63)61-40-51(24-28-65(61)67)57-21-13-17-50-39-55(25-27-58(50)57)69(54-18-12-16-49(38-54)48-14-6-5-7-15-48)56-26-29-66-62(41-56)60-20-9-11-23-64(60)68(66)45(4)35-47-31-43(2)33-53(68)37-47/h5-29,38-47,52-53H,30-37H2,1-4H3/t42-,43-,44+,45+,46?,47?,52-,53+,67+,68-/m1/s1. The first-order valence-corrected chi connectivity index (χ1v) is 26.8. The molecule has 0 radical (unpaired) electrons. The fourth-order valence-corrected chi connectivity index (χ4v) is 17.3. The maximum atomic E-state index is 2.58. The van der Waals surface area contributed by atoms with E-state index in [9.17, 15) is 0 Å². The van der Waals surface area contributed by atoms with Gasteiger partial charge < -0.3 is 4.90 Å². The van der Waals surface area contributed by atoms with Crippen molar-refractivity contribution >= 4 is 27.8 Å². The molecule has 69 heavy (non-hydrogen) atoms. The molecule has 1 heteroatoms. The fourth-order valence-electron chi connectivity index (χ4n) is 17.3. The highest BCUT2D eigenvalue weighted by Gasteiger charge is 2.58. The predicted molar refractivity (Wildman–Crippen MR) is 289 cm³/mol. The highest BCUT2D eigenvalue weighted by atomic mass is 15.1. The van der Waals surface area contributed by atoms with Crippen LogP contribution in [0.25, 0.3) is 55.3 Å². The SMILES string of the molecule is C[C@@H]1CC2C[C@H](C1)[C@@]1(c3ccccc3-c3cc(N(c4cccc(-c5ccccc5)c4)c4ccc5c(-c6ccc7c(c6)-c6ccccc6[C@]76[C@H]7CC(C[C@@H](C)C7)C[C@@H]6C)cccc5c4)ccc31)[C@@H](C)C2. The Kier molecular flexibility index (Phi) is 9.48. The second kappa shape index (κ2) is 15.7. The molecular formula is C68H65N. The summed E-state index contributed by atoms with van der Waals surface area (Å²) in [6.45, 7) is 10.2. The van der Waals surface area contributed by atoms with E-state index in [4.69, 9.17) is 0 Å². The largest absolute Gasteiger partial charge is 0.310 e. The highest BCUT2D eigenvalue weighted by Crippen LogP contribution is 2.66. The number of hydrogen-bond donors (Lipinski definition) is 0. The van der Waals surface area contributed by atoms with Crippen LogP contribution in [0.2, 0.25) is 0 Å². The van der Waals surface area contributed by atoms with Crippen molar-refractivity contribution in [1.29, 1.82) is 0 Å². The zero-order chi connectivity index (χ0) is 46.2. The molecule has 0 saturated heterocycles. The van der Waals surface area contributed by atoms with E-state index in [1.54, 1.807) is 22.3 Å². The van der Waals surface area contributed by atoms with Gasteiger partial charge in [0.25, 0.3) is 0 Å². The third kappa shape index (κ3) is 6.08. The lowest BCUT2D eigenvalue weighted by molar-refractivity contribution is 0.0425. The van der Waals surface area contributed by atoms with Crippen LogP contribution in [-0.2, 0) is 10.8 Å². The van der Waals surface area contributed by atoms with Gasteiger partial charge in [0, 0.05) is 27.9 Å². The highest BCUT2D eigenvalue weighted by molar-refractivity contribution is 6.01. The van der Waals surface area contributed by atoms with E-state index >= 15 is 0 Å². The minimum absolute atomic E-state index is 0.0689.